The van der Waals surface area contributed by atoms with E-state index in [4.69, 9.17) is 4.74 Å². The highest BCUT2D eigenvalue weighted by Gasteiger charge is 2.12. The fraction of sp³-hybridized carbons (Fsp3) is 0.278. The third-order valence-electron chi connectivity index (χ3n) is 3.48. The van der Waals surface area contributed by atoms with Crippen LogP contribution in [0, 0.1) is 0 Å². The molecule has 2 N–H and O–H groups in total. The van der Waals surface area contributed by atoms with E-state index in [1.807, 2.05) is 19.2 Å². The lowest BCUT2D eigenvalue weighted by atomic mass is 10.2. The lowest BCUT2D eigenvalue weighted by Gasteiger charge is -2.11. The molecule has 0 aliphatic heterocycles. The minimum absolute atomic E-state index is 0.0393. The summed E-state index contributed by atoms with van der Waals surface area (Å²) in [6.45, 7) is 3.51. The number of thiophene rings is 1. The van der Waals surface area contributed by atoms with Crippen molar-refractivity contribution in [3.8, 4) is 0 Å². The minimum Gasteiger partial charge on any atom is -0.452 e. The zero-order valence-corrected chi connectivity index (χ0v) is 14.9. The summed E-state index contributed by atoms with van der Waals surface area (Å²) in [5, 5.41) is 7.29. The average molecular weight is 360 g/mol. The maximum Gasteiger partial charge on any atom is 0.338 e. The van der Waals surface area contributed by atoms with Gasteiger partial charge in [0.2, 0.25) is 0 Å². The molecule has 0 radical (unpaired) electrons. The van der Waals surface area contributed by atoms with E-state index in [2.05, 4.69) is 10.6 Å². The van der Waals surface area contributed by atoms with Gasteiger partial charge >= 0.3 is 5.97 Å². The van der Waals surface area contributed by atoms with Gasteiger partial charge in [-0.1, -0.05) is 13.0 Å². The van der Waals surface area contributed by atoms with Gasteiger partial charge in [0.25, 0.3) is 11.8 Å². The maximum absolute atomic E-state index is 11.9. The van der Waals surface area contributed by atoms with Crippen molar-refractivity contribution in [3.05, 3.63) is 52.2 Å². The zero-order valence-electron chi connectivity index (χ0n) is 14.1. The Labute approximate surface area is 150 Å². The van der Waals surface area contributed by atoms with Crippen molar-refractivity contribution >= 4 is 34.8 Å². The van der Waals surface area contributed by atoms with Gasteiger partial charge in [-0.25, -0.2) is 4.79 Å². The second kappa shape index (κ2) is 8.98. The first-order valence-corrected chi connectivity index (χ1v) is 8.79. The molecule has 1 heterocycles. The van der Waals surface area contributed by atoms with Gasteiger partial charge in [0, 0.05) is 11.7 Å². The number of anilines is 1. The van der Waals surface area contributed by atoms with Crippen LogP contribution in [-0.4, -0.2) is 30.4 Å². The molecule has 0 bridgehead atoms. The van der Waals surface area contributed by atoms with Gasteiger partial charge in [-0.2, -0.15) is 0 Å². The van der Waals surface area contributed by atoms with Crippen molar-refractivity contribution in [2.24, 2.45) is 0 Å². The molecule has 1 atom stereocenters. The summed E-state index contributed by atoms with van der Waals surface area (Å²) in [5.74, 6) is -1.12. The van der Waals surface area contributed by atoms with Crippen molar-refractivity contribution in [1.82, 2.24) is 5.32 Å². The van der Waals surface area contributed by atoms with Gasteiger partial charge in [0.1, 0.15) is 0 Å². The SMILES string of the molecule is CC[C@@H](C)NC(=O)COC(=O)c1ccc(NC(=O)c2cccs2)cc1. The third kappa shape index (κ3) is 5.72. The number of benzene rings is 1. The smallest absolute Gasteiger partial charge is 0.338 e. The molecule has 25 heavy (non-hydrogen) atoms. The van der Waals surface area contributed by atoms with Crippen molar-refractivity contribution < 1.29 is 19.1 Å². The Balaban J connectivity index is 1.85. The lowest BCUT2D eigenvalue weighted by molar-refractivity contribution is -0.124. The van der Waals surface area contributed by atoms with Crippen LogP contribution in [0.5, 0.6) is 0 Å². The predicted octanol–water partition coefficient (Wildman–Crippen LogP) is 3.07. The fourth-order valence-corrected chi connectivity index (χ4v) is 2.54. The molecule has 0 unspecified atom stereocenters. The van der Waals surface area contributed by atoms with Crippen molar-refractivity contribution in [3.63, 3.8) is 0 Å². The summed E-state index contributed by atoms with van der Waals surface area (Å²) < 4.78 is 4.98. The summed E-state index contributed by atoms with van der Waals surface area (Å²) in [7, 11) is 0. The van der Waals surface area contributed by atoms with Crippen LogP contribution in [0.15, 0.2) is 41.8 Å². The molecular weight excluding hydrogens is 340 g/mol. The number of rotatable bonds is 7. The Morgan fingerprint density at radius 3 is 2.48 bits per heavy atom. The first kappa shape index (κ1) is 18.7. The summed E-state index contributed by atoms with van der Waals surface area (Å²) in [6.07, 6.45) is 0.804. The van der Waals surface area contributed by atoms with Crippen LogP contribution < -0.4 is 10.6 Å². The molecule has 0 saturated carbocycles. The molecule has 0 saturated heterocycles. The van der Waals surface area contributed by atoms with Gasteiger partial charge < -0.3 is 15.4 Å². The Morgan fingerprint density at radius 1 is 1.16 bits per heavy atom. The molecule has 6 nitrogen and oxygen atoms in total. The van der Waals surface area contributed by atoms with Crippen molar-refractivity contribution in [2.75, 3.05) is 11.9 Å². The zero-order chi connectivity index (χ0) is 18.2. The molecule has 1 aromatic carbocycles. The molecule has 1 aromatic heterocycles. The normalized spacial score (nSPS) is 11.4. The van der Waals surface area contributed by atoms with Crippen molar-refractivity contribution in [1.29, 1.82) is 0 Å². The third-order valence-corrected chi connectivity index (χ3v) is 4.35. The molecule has 0 fully saturated rings. The monoisotopic (exact) mass is 360 g/mol. The second-order valence-electron chi connectivity index (χ2n) is 5.46. The van der Waals surface area contributed by atoms with E-state index >= 15 is 0 Å². The standard InChI is InChI=1S/C18H20N2O4S/c1-3-12(2)19-16(21)11-24-18(23)13-6-8-14(9-7-13)20-17(22)15-5-4-10-25-15/h4-10,12H,3,11H2,1-2H3,(H,19,21)(H,20,22)/t12-/m1/s1. The molecule has 2 rings (SSSR count). The summed E-state index contributed by atoms with van der Waals surface area (Å²) in [5.41, 5.74) is 0.884. The van der Waals surface area contributed by atoms with E-state index in [1.165, 1.54) is 11.3 Å². The van der Waals surface area contributed by atoms with Crippen LogP contribution in [0.1, 0.15) is 40.3 Å². The minimum atomic E-state index is -0.588. The van der Waals surface area contributed by atoms with E-state index < -0.39 is 5.97 Å². The van der Waals surface area contributed by atoms with E-state index in [9.17, 15) is 14.4 Å². The molecule has 132 valence electrons. The van der Waals surface area contributed by atoms with E-state index in [0.717, 1.165) is 6.42 Å². The number of nitrogens with one attached hydrogen (secondary N) is 2. The van der Waals surface area contributed by atoms with Gasteiger partial charge in [0.05, 0.1) is 10.4 Å². The summed E-state index contributed by atoms with van der Waals surface area (Å²) >= 11 is 1.35. The lowest BCUT2D eigenvalue weighted by Crippen LogP contribution is -2.35. The Morgan fingerprint density at radius 2 is 1.88 bits per heavy atom. The first-order valence-electron chi connectivity index (χ1n) is 7.91. The quantitative estimate of drug-likeness (QED) is 0.743. The fourth-order valence-electron chi connectivity index (χ4n) is 1.92. The Kier molecular flexibility index (Phi) is 6.71. The number of carbonyl (C=O) groups excluding carboxylic acids is 3. The van der Waals surface area contributed by atoms with E-state index in [0.29, 0.717) is 16.1 Å². The Bertz CT molecular complexity index is 726. The molecule has 2 aromatic rings. The van der Waals surface area contributed by atoms with Crippen LogP contribution in [-0.2, 0) is 9.53 Å². The highest BCUT2D eigenvalue weighted by Crippen LogP contribution is 2.14. The molecule has 0 aliphatic carbocycles. The predicted molar refractivity (Wildman–Crippen MR) is 96.9 cm³/mol. The molecule has 2 amide bonds. The summed E-state index contributed by atoms with van der Waals surface area (Å²) in [6, 6.07) is 9.88. The van der Waals surface area contributed by atoms with Crippen LogP contribution in [0.25, 0.3) is 0 Å². The van der Waals surface area contributed by atoms with Gasteiger partial charge in [-0.3, -0.25) is 9.59 Å². The number of amides is 2. The van der Waals surface area contributed by atoms with Crippen molar-refractivity contribution in [2.45, 2.75) is 26.3 Å². The maximum atomic E-state index is 11.9. The second-order valence-corrected chi connectivity index (χ2v) is 6.41. The van der Waals surface area contributed by atoms with Gasteiger partial charge in [0.15, 0.2) is 6.61 Å². The number of hydrogen-bond acceptors (Lipinski definition) is 5. The molecule has 0 spiro atoms. The number of hydrogen-bond donors (Lipinski definition) is 2. The van der Waals surface area contributed by atoms with Crippen LogP contribution in [0.2, 0.25) is 0 Å². The average Bonchev–Trinajstić information content (AvgIpc) is 3.15. The number of esters is 1. The number of carbonyl (C=O) groups is 3. The Hall–Kier alpha value is -2.67. The topological polar surface area (TPSA) is 84.5 Å². The van der Waals surface area contributed by atoms with Gasteiger partial charge in [-0.15, -0.1) is 11.3 Å². The molecule has 0 aliphatic rings. The largest absolute Gasteiger partial charge is 0.452 e. The van der Waals surface area contributed by atoms with Crippen LogP contribution >= 0.6 is 11.3 Å². The highest BCUT2D eigenvalue weighted by molar-refractivity contribution is 7.12. The van der Waals surface area contributed by atoms with Crippen LogP contribution in [0.3, 0.4) is 0 Å². The molecular formula is C18H20N2O4S. The molecule has 7 heteroatoms. The van der Waals surface area contributed by atoms with Gasteiger partial charge in [-0.05, 0) is 49.1 Å². The van der Waals surface area contributed by atoms with Crippen LogP contribution in [0.4, 0.5) is 5.69 Å². The highest BCUT2D eigenvalue weighted by atomic mass is 32.1. The van der Waals surface area contributed by atoms with E-state index in [-0.39, 0.29) is 24.5 Å². The first-order chi connectivity index (χ1) is 12.0. The van der Waals surface area contributed by atoms with E-state index in [1.54, 1.807) is 36.4 Å². The number of ether oxygens (including phenoxy) is 1. The summed E-state index contributed by atoms with van der Waals surface area (Å²) in [4.78, 5) is 36.1.